The van der Waals surface area contributed by atoms with Crippen molar-refractivity contribution in [3.63, 3.8) is 0 Å². The Bertz CT molecular complexity index is 1190. The number of thioether (sulfide) groups is 1. The first-order chi connectivity index (χ1) is 15.4. The van der Waals surface area contributed by atoms with Gasteiger partial charge in [0.05, 0.1) is 16.5 Å². The fourth-order valence-electron chi connectivity index (χ4n) is 3.13. The number of hydrogen-bond acceptors (Lipinski definition) is 4. The summed E-state index contributed by atoms with van der Waals surface area (Å²) in [6.45, 7) is 2.94. The molecule has 1 aliphatic rings. The van der Waals surface area contributed by atoms with Crippen LogP contribution in [0.2, 0.25) is 5.02 Å². The maximum Gasteiger partial charge on any atom is 0.266 e. The highest BCUT2D eigenvalue weighted by Crippen LogP contribution is 2.35. The lowest BCUT2D eigenvalue weighted by Crippen LogP contribution is -2.27. The van der Waals surface area contributed by atoms with Crippen LogP contribution in [0.4, 0.5) is 0 Å². The molecule has 0 unspecified atom stereocenters. The summed E-state index contributed by atoms with van der Waals surface area (Å²) in [6, 6.07) is 21.8. The molecule has 32 heavy (non-hydrogen) atoms. The van der Waals surface area contributed by atoms with Crippen LogP contribution in [0.25, 0.3) is 6.08 Å². The molecule has 4 rings (SSSR count). The number of hydrogen-bond donors (Lipinski definition) is 0. The Morgan fingerprint density at radius 1 is 1.06 bits per heavy atom. The molecular weight excluding hydrogens is 573 g/mol. The second-order valence-electron chi connectivity index (χ2n) is 7.36. The number of rotatable bonds is 6. The fraction of sp³-hybridized carbons (Fsp3) is 0.120. The molecule has 1 amide bonds. The number of benzene rings is 3. The Kier molecular flexibility index (Phi) is 7.55. The molecule has 0 saturated carbocycles. The molecule has 1 saturated heterocycles. The number of halogens is 2. The van der Waals surface area contributed by atoms with Crippen LogP contribution in [0, 0.1) is 10.5 Å². The normalized spacial score (nSPS) is 15.0. The van der Waals surface area contributed by atoms with Crippen LogP contribution < -0.4 is 4.74 Å². The number of nitrogens with zero attached hydrogens (tertiary/aromatic N) is 1. The van der Waals surface area contributed by atoms with Crippen molar-refractivity contribution in [2.75, 3.05) is 0 Å². The quantitative estimate of drug-likeness (QED) is 0.172. The zero-order valence-corrected chi connectivity index (χ0v) is 21.7. The molecule has 0 radical (unpaired) electrons. The van der Waals surface area contributed by atoms with Crippen LogP contribution in [0.3, 0.4) is 0 Å². The highest BCUT2D eigenvalue weighted by molar-refractivity contribution is 14.1. The van der Waals surface area contributed by atoms with Gasteiger partial charge >= 0.3 is 0 Å². The Balaban J connectivity index is 1.44. The third-order valence-electron chi connectivity index (χ3n) is 4.90. The molecule has 0 spiro atoms. The van der Waals surface area contributed by atoms with E-state index in [0.29, 0.717) is 33.1 Å². The summed E-state index contributed by atoms with van der Waals surface area (Å²) in [6.07, 6.45) is 1.82. The fourth-order valence-corrected chi connectivity index (χ4v) is 4.99. The molecule has 7 heteroatoms. The first-order valence-corrected chi connectivity index (χ1v) is 12.5. The lowest BCUT2D eigenvalue weighted by atomic mass is 10.1. The molecule has 3 aromatic rings. The Labute approximate surface area is 215 Å². The van der Waals surface area contributed by atoms with E-state index in [0.717, 1.165) is 16.7 Å². The molecule has 0 N–H and O–H groups in total. The molecule has 0 aliphatic carbocycles. The van der Waals surface area contributed by atoms with Crippen molar-refractivity contribution in [1.29, 1.82) is 0 Å². The highest BCUT2D eigenvalue weighted by atomic mass is 127. The Hall–Kier alpha value is -1.87. The van der Waals surface area contributed by atoms with Gasteiger partial charge in [0.15, 0.2) is 0 Å². The first-order valence-electron chi connectivity index (χ1n) is 9.87. The van der Waals surface area contributed by atoms with Crippen molar-refractivity contribution in [3.05, 3.63) is 102 Å². The lowest BCUT2D eigenvalue weighted by Gasteiger charge is -2.14. The van der Waals surface area contributed by atoms with Gasteiger partial charge in [-0.15, -0.1) is 0 Å². The van der Waals surface area contributed by atoms with Gasteiger partial charge in [0, 0.05) is 3.57 Å². The number of carbonyl (C=O) groups is 1. The van der Waals surface area contributed by atoms with Gasteiger partial charge in [0.2, 0.25) is 0 Å². The average Bonchev–Trinajstić information content (AvgIpc) is 3.03. The van der Waals surface area contributed by atoms with Crippen molar-refractivity contribution in [1.82, 2.24) is 4.90 Å². The van der Waals surface area contributed by atoms with E-state index >= 15 is 0 Å². The van der Waals surface area contributed by atoms with E-state index in [4.69, 9.17) is 28.6 Å². The molecule has 1 aliphatic heterocycles. The molecule has 3 aromatic carbocycles. The SMILES string of the molecule is Cc1ccc(CN2C(=O)/C(=C\c3ccc(OCc4ccc(I)cc4)c(Cl)c3)SC2=S)cc1. The molecule has 162 valence electrons. The molecular formula is C25H19ClINO2S2. The van der Waals surface area contributed by atoms with E-state index in [1.54, 1.807) is 11.0 Å². The summed E-state index contributed by atoms with van der Waals surface area (Å²) in [4.78, 5) is 15.1. The van der Waals surface area contributed by atoms with Gasteiger partial charge < -0.3 is 4.74 Å². The molecule has 0 atom stereocenters. The molecule has 0 bridgehead atoms. The van der Waals surface area contributed by atoms with E-state index in [1.807, 2.05) is 73.7 Å². The lowest BCUT2D eigenvalue weighted by molar-refractivity contribution is -0.122. The van der Waals surface area contributed by atoms with Crippen molar-refractivity contribution in [2.24, 2.45) is 0 Å². The molecule has 3 nitrogen and oxygen atoms in total. The van der Waals surface area contributed by atoms with Gasteiger partial charge in [-0.05, 0) is 76.5 Å². The maximum absolute atomic E-state index is 12.9. The molecule has 1 heterocycles. The number of thiocarbonyl (C=S) groups is 1. The number of ether oxygens (including phenoxy) is 1. The largest absolute Gasteiger partial charge is 0.487 e. The minimum atomic E-state index is -0.0873. The summed E-state index contributed by atoms with van der Waals surface area (Å²) in [5, 5.41) is 0.499. The maximum atomic E-state index is 12.9. The summed E-state index contributed by atoms with van der Waals surface area (Å²) >= 11 is 15.5. The van der Waals surface area contributed by atoms with Crippen LogP contribution in [-0.4, -0.2) is 15.1 Å². The topological polar surface area (TPSA) is 29.5 Å². The Morgan fingerprint density at radius 2 is 1.75 bits per heavy atom. The number of carbonyl (C=O) groups excluding carboxylic acids is 1. The second kappa shape index (κ2) is 10.4. The van der Waals surface area contributed by atoms with E-state index in [-0.39, 0.29) is 5.91 Å². The van der Waals surface area contributed by atoms with Crippen molar-refractivity contribution in [3.8, 4) is 5.75 Å². The van der Waals surface area contributed by atoms with Crippen LogP contribution in [0.5, 0.6) is 5.75 Å². The van der Waals surface area contributed by atoms with Crippen molar-refractivity contribution >= 4 is 74.5 Å². The summed E-state index contributed by atoms with van der Waals surface area (Å²) in [5.41, 5.74) is 4.13. The Morgan fingerprint density at radius 3 is 2.44 bits per heavy atom. The average molecular weight is 592 g/mol. The van der Waals surface area contributed by atoms with Gasteiger partial charge in [-0.2, -0.15) is 0 Å². The summed E-state index contributed by atoms with van der Waals surface area (Å²) in [5.74, 6) is 0.519. The number of amides is 1. The molecule has 1 fully saturated rings. The van der Waals surface area contributed by atoms with E-state index in [9.17, 15) is 4.79 Å². The highest BCUT2D eigenvalue weighted by Gasteiger charge is 2.32. The van der Waals surface area contributed by atoms with Crippen LogP contribution in [0.15, 0.2) is 71.6 Å². The summed E-state index contributed by atoms with van der Waals surface area (Å²) < 4.78 is 7.60. The smallest absolute Gasteiger partial charge is 0.266 e. The van der Waals surface area contributed by atoms with Gasteiger partial charge in [-0.3, -0.25) is 9.69 Å². The van der Waals surface area contributed by atoms with Gasteiger partial charge in [0.1, 0.15) is 16.7 Å². The first kappa shape index (κ1) is 23.3. The molecule has 0 aromatic heterocycles. The van der Waals surface area contributed by atoms with Crippen LogP contribution in [0.1, 0.15) is 22.3 Å². The third kappa shape index (κ3) is 5.73. The third-order valence-corrected chi connectivity index (χ3v) is 7.29. The predicted octanol–water partition coefficient (Wildman–Crippen LogP) is 7.23. The second-order valence-corrected chi connectivity index (χ2v) is 10.7. The zero-order chi connectivity index (χ0) is 22.7. The summed E-state index contributed by atoms with van der Waals surface area (Å²) in [7, 11) is 0. The minimum Gasteiger partial charge on any atom is -0.487 e. The number of aryl methyl sites for hydroxylation is 1. The van der Waals surface area contributed by atoms with Gasteiger partial charge in [-0.1, -0.05) is 83.6 Å². The van der Waals surface area contributed by atoms with Crippen LogP contribution in [-0.2, 0) is 17.9 Å². The van der Waals surface area contributed by atoms with Crippen molar-refractivity contribution < 1.29 is 9.53 Å². The van der Waals surface area contributed by atoms with Crippen LogP contribution >= 0.6 is 58.2 Å². The minimum absolute atomic E-state index is 0.0873. The van der Waals surface area contributed by atoms with Gasteiger partial charge in [-0.25, -0.2) is 0 Å². The zero-order valence-electron chi connectivity index (χ0n) is 17.2. The predicted molar refractivity (Wildman–Crippen MR) is 145 cm³/mol. The van der Waals surface area contributed by atoms with E-state index in [1.165, 1.54) is 20.9 Å². The van der Waals surface area contributed by atoms with E-state index < -0.39 is 0 Å². The van der Waals surface area contributed by atoms with Crippen molar-refractivity contribution in [2.45, 2.75) is 20.1 Å². The monoisotopic (exact) mass is 591 g/mol. The van der Waals surface area contributed by atoms with E-state index in [2.05, 4.69) is 22.6 Å². The van der Waals surface area contributed by atoms with Gasteiger partial charge in [0.25, 0.3) is 5.91 Å². The standard InChI is InChI=1S/C25H19ClINO2S2/c1-16-2-4-17(5-3-16)14-28-24(29)23(32-25(28)31)13-19-8-11-22(21(26)12-19)30-15-18-6-9-20(27)10-7-18/h2-13H,14-15H2,1H3/b23-13+.